The van der Waals surface area contributed by atoms with E-state index in [1.54, 1.807) is 0 Å². The highest BCUT2D eigenvalue weighted by Gasteiger charge is 2.06. The Morgan fingerprint density at radius 3 is 2.05 bits per heavy atom. The van der Waals surface area contributed by atoms with Crippen LogP contribution in [0.15, 0.2) is 65.7 Å². The van der Waals surface area contributed by atoms with E-state index in [0.29, 0.717) is 5.11 Å². The molecule has 2 rings (SSSR count). The number of hydrogen-bond acceptors (Lipinski definition) is 1. The minimum absolute atomic E-state index is 0.448. The molecule has 0 aliphatic carbocycles. The molecule has 0 spiro atoms. The first-order valence-corrected chi connectivity index (χ1v) is 6.75. The van der Waals surface area contributed by atoms with Gasteiger partial charge in [0.15, 0.2) is 5.11 Å². The van der Waals surface area contributed by atoms with Crippen LogP contribution in [-0.2, 0) is 0 Å². The van der Waals surface area contributed by atoms with E-state index in [2.05, 4.69) is 10.3 Å². The van der Waals surface area contributed by atoms with Gasteiger partial charge in [-0.05, 0) is 24.4 Å². The fraction of sp³-hybridized carbons (Fsp3) is 0.125. The maximum Gasteiger partial charge on any atom is 0.199 e. The molecule has 0 atom stereocenters. The molecule has 0 aromatic heterocycles. The summed E-state index contributed by atoms with van der Waals surface area (Å²) in [6, 6.07) is 19.8. The molecule has 0 radical (unpaired) electrons. The van der Waals surface area contributed by atoms with Gasteiger partial charge in [-0.2, -0.15) is 0 Å². The predicted molar refractivity (Wildman–Crippen MR) is 89.3 cm³/mol. The molecule has 4 heteroatoms. The van der Waals surface area contributed by atoms with E-state index in [1.807, 2.05) is 79.7 Å². The highest BCUT2D eigenvalue weighted by Crippen LogP contribution is 2.08. The van der Waals surface area contributed by atoms with Gasteiger partial charge in [-0.1, -0.05) is 48.5 Å². The first-order chi connectivity index (χ1) is 9.66. The lowest BCUT2D eigenvalue weighted by atomic mass is 10.2. The Labute approximate surface area is 125 Å². The molecule has 0 amide bonds. The van der Waals surface area contributed by atoms with E-state index in [-0.39, 0.29) is 0 Å². The van der Waals surface area contributed by atoms with Crippen LogP contribution in [0, 0.1) is 0 Å². The summed E-state index contributed by atoms with van der Waals surface area (Å²) in [6.07, 6.45) is 0. The lowest BCUT2D eigenvalue weighted by Gasteiger charge is -2.16. The molecule has 0 aliphatic heterocycles. The van der Waals surface area contributed by atoms with Crippen LogP contribution in [0.2, 0.25) is 0 Å². The largest absolute Gasteiger partial charge is 0.362 e. The smallest absolute Gasteiger partial charge is 0.199 e. The summed E-state index contributed by atoms with van der Waals surface area (Å²) in [4.78, 5) is 6.46. The van der Waals surface area contributed by atoms with Crippen molar-refractivity contribution in [3.05, 3.63) is 66.2 Å². The van der Waals surface area contributed by atoms with Gasteiger partial charge in [-0.25, -0.2) is 4.99 Å². The number of thiocarbonyl (C=S) groups is 1. The number of anilines is 1. The van der Waals surface area contributed by atoms with E-state index in [4.69, 9.17) is 12.2 Å². The molecule has 0 heterocycles. The Bertz CT molecular complexity index is 592. The number of nitrogens with one attached hydrogen (secondary N) is 1. The lowest BCUT2D eigenvalue weighted by Crippen LogP contribution is -2.25. The lowest BCUT2D eigenvalue weighted by molar-refractivity contribution is 0.625. The van der Waals surface area contributed by atoms with Crippen LogP contribution in [0.4, 0.5) is 5.69 Å². The fourth-order valence-electron chi connectivity index (χ4n) is 1.78. The van der Waals surface area contributed by atoms with Gasteiger partial charge in [0.05, 0.1) is 0 Å². The van der Waals surface area contributed by atoms with Crippen molar-refractivity contribution in [1.82, 2.24) is 4.90 Å². The van der Waals surface area contributed by atoms with Gasteiger partial charge in [-0.3, -0.25) is 0 Å². The fourth-order valence-corrected chi connectivity index (χ4v) is 1.98. The maximum absolute atomic E-state index is 5.31. The topological polar surface area (TPSA) is 27.6 Å². The zero-order valence-corrected chi connectivity index (χ0v) is 12.4. The molecule has 1 N–H and O–H groups in total. The number of rotatable bonds is 2. The zero-order valence-electron chi connectivity index (χ0n) is 11.6. The third-order valence-corrected chi connectivity index (χ3v) is 2.88. The average molecular weight is 283 g/mol. The van der Waals surface area contributed by atoms with Gasteiger partial charge >= 0.3 is 0 Å². The number of benzene rings is 2. The van der Waals surface area contributed by atoms with E-state index in [0.717, 1.165) is 17.1 Å². The highest BCUT2D eigenvalue weighted by molar-refractivity contribution is 7.80. The molecule has 0 bridgehead atoms. The number of hydrogen-bond donors (Lipinski definition) is 1. The van der Waals surface area contributed by atoms with Crippen molar-refractivity contribution in [3.63, 3.8) is 0 Å². The van der Waals surface area contributed by atoms with Gasteiger partial charge in [-0.15, -0.1) is 0 Å². The van der Waals surface area contributed by atoms with Crippen molar-refractivity contribution in [2.75, 3.05) is 19.4 Å². The normalized spacial score (nSPS) is 11.0. The van der Waals surface area contributed by atoms with Gasteiger partial charge in [0.1, 0.15) is 5.84 Å². The monoisotopic (exact) mass is 283 g/mol. The third-order valence-electron chi connectivity index (χ3n) is 2.69. The molecule has 0 saturated carbocycles. The van der Waals surface area contributed by atoms with Crippen molar-refractivity contribution >= 4 is 28.9 Å². The number of nitrogens with zero attached hydrogens (tertiary/aromatic N) is 2. The van der Waals surface area contributed by atoms with Crippen LogP contribution in [0.1, 0.15) is 5.56 Å². The minimum atomic E-state index is 0.448. The van der Waals surface area contributed by atoms with Crippen LogP contribution in [-0.4, -0.2) is 29.9 Å². The second-order valence-electron chi connectivity index (χ2n) is 4.49. The van der Waals surface area contributed by atoms with Gasteiger partial charge in [0, 0.05) is 25.3 Å². The summed E-state index contributed by atoms with van der Waals surface area (Å²) < 4.78 is 0. The van der Waals surface area contributed by atoms with E-state index >= 15 is 0 Å². The third kappa shape index (κ3) is 3.90. The molecule has 20 heavy (non-hydrogen) atoms. The van der Waals surface area contributed by atoms with Crippen LogP contribution >= 0.6 is 12.2 Å². The molecule has 0 saturated heterocycles. The van der Waals surface area contributed by atoms with Gasteiger partial charge in [0.25, 0.3) is 0 Å². The van der Waals surface area contributed by atoms with Crippen LogP contribution in [0.3, 0.4) is 0 Å². The van der Waals surface area contributed by atoms with Crippen LogP contribution < -0.4 is 5.32 Å². The van der Waals surface area contributed by atoms with Gasteiger partial charge < -0.3 is 10.2 Å². The summed E-state index contributed by atoms with van der Waals surface area (Å²) in [7, 11) is 3.91. The molecule has 0 aliphatic rings. The van der Waals surface area contributed by atoms with Crippen molar-refractivity contribution in [3.8, 4) is 0 Å². The summed E-state index contributed by atoms with van der Waals surface area (Å²) in [5.41, 5.74) is 1.97. The summed E-state index contributed by atoms with van der Waals surface area (Å²) in [6.45, 7) is 0. The molecular formula is C16H17N3S. The Balaban J connectivity index is 2.19. The summed E-state index contributed by atoms with van der Waals surface area (Å²) >= 11 is 5.31. The second-order valence-corrected chi connectivity index (χ2v) is 4.88. The first-order valence-electron chi connectivity index (χ1n) is 6.34. The molecule has 2 aromatic carbocycles. The maximum atomic E-state index is 5.31. The van der Waals surface area contributed by atoms with Crippen molar-refractivity contribution in [2.45, 2.75) is 0 Å². The first kappa shape index (κ1) is 14.2. The molecule has 0 unspecified atom stereocenters. The van der Waals surface area contributed by atoms with Crippen LogP contribution in [0.25, 0.3) is 0 Å². The number of aliphatic imine (C=N–C) groups is 1. The van der Waals surface area contributed by atoms with E-state index in [9.17, 15) is 0 Å². The molecule has 2 aromatic rings. The zero-order chi connectivity index (χ0) is 14.4. The van der Waals surface area contributed by atoms with E-state index in [1.165, 1.54) is 0 Å². The number of para-hydroxylation sites is 1. The van der Waals surface area contributed by atoms with Crippen molar-refractivity contribution in [2.24, 2.45) is 4.99 Å². The standard InChI is InChI=1S/C16H17N3S/c1-19(2)15(13-9-5-3-6-10-13)18-16(20)17-14-11-7-4-8-12-14/h3-12H,1-2H3,(H,17,20)/b18-15-. The molecule has 0 fully saturated rings. The molecule has 102 valence electrons. The Morgan fingerprint density at radius 1 is 0.950 bits per heavy atom. The number of amidine groups is 1. The molecule has 3 nitrogen and oxygen atoms in total. The van der Waals surface area contributed by atoms with Crippen molar-refractivity contribution < 1.29 is 0 Å². The SMILES string of the molecule is CN(C)/C(=N\C(=S)Nc1ccccc1)c1ccccc1. The van der Waals surface area contributed by atoms with Gasteiger partial charge in [0.2, 0.25) is 0 Å². The van der Waals surface area contributed by atoms with Crippen LogP contribution in [0.5, 0.6) is 0 Å². The Kier molecular flexibility index (Phi) is 4.85. The Hall–Kier alpha value is -2.20. The highest BCUT2D eigenvalue weighted by atomic mass is 32.1. The summed E-state index contributed by atoms with van der Waals surface area (Å²) in [5.74, 6) is 0.832. The second kappa shape index (κ2) is 6.82. The quantitative estimate of drug-likeness (QED) is 0.520. The summed E-state index contributed by atoms with van der Waals surface area (Å²) in [5, 5.41) is 3.56. The molecular weight excluding hydrogens is 266 g/mol. The predicted octanol–water partition coefficient (Wildman–Crippen LogP) is 3.39. The minimum Gasteiger partial charge on any atom is -0.362 e. The van der Waals surface area contributed by atoms with Crippen molar-refractivity contribution in [1.29, 1.82) is 0 Å². The van der Waals surface area contributed by atoms with E-state index < -0.39 is 0 Å². The average Bonchev–Trinajstić information content (AvgIpc) is 2.46. The Morgan fingerprint density at radius 2 is 1.50 bits per heavy atom.